The number of rotatable bonds is 8. The van der Waals surface area contributed by atoms with Crippen LogP contribution < -0.4 is 0 Å². The fourth-order valence-electron chi connectivity index (χ4n) is 8.45. The molecular formula is C32H40O10. The second-order valence-electron chi connectivity index (χ2n) is 12.6. The molecule has 5 fully saturated rings. The number of unbranched alkanes of at least 4 members (excludes halogenated alkanes) is 1. The first kappa shape index (κ1) is 29.6. The van der Waals surface area contributed by atoms with Crippen molar-refractivity contribution in [3.63, 3.8) is 0 Å². The molecule has 0 aromatic heterocycles. The molecule has 228 valence electrons. The van der Waals surface area contributed by atoms with Crippen LogP contribution in [0.3, 0.4) is 0 Å². The van der Waals surface area contributed by atoms with Gasteiger partial charge in [-0.05, 0) is 31.4 Å². The molecule has 0 unspecified atom stereocenters. The van der Waals surface area contributed by atoms with Gasteiger partial charge in [0.1, 0.15) is 30.0 Å². The molecule has 6 rings (SSSR count). The van der Waals surface area contributed by atoms with Crippen molar-refractivity contribution in [2.75, 3.05) is 6.61 Å². The molecule has 3 saturated heterocycles. The molecule has 3 aliphatic carbocycles. The number of allylic oxidation sites excluding steroid dienone is 5. The van der Waals surface area contributed by atoms with E-state index in [9.17, 15) is 24.9 Å². The summed E-state index contributed by atoms with van der Waals surface area (Å²) >= 11 is 0. The molecule has 0 aromatic carbocycles. The van der Waals surface area contributed by atoms with Crippen LogP contribution in [-0.4, -0.2) is 86.5 Å². The van der Waals surface area contributed by atoms with Crippen molar-refractivity contribution in [2.24, 2.45) is 17.8 Å². The van der Waals surface area contributed by atoms with E-state index >= 15 is 0 Å². The minimum Gasteiger partial charge on any atom is -0.459 e. The predicted molar refractivity (Wildman–Crippen MR) is 148 cm³/mol. The van der Waals surface area contributed by atoms with Gasteiger partial charge < -0.3 is 39.0 Å². The summed E-state index contributed by atoms with van der Waals surface area (Å²) in [5.74, 6) is -5.65. The van der Waals surface area contributed by atoms with Crippen molar-refractivity contribution in [3.8, 4) is 0 Å². The van der Waals surface area contributed by atoms with Crippen LogP contribution in [0.2, 0.25) is 0 Å². The fourth-order valence-corrected chi connectivity index (χ4v) is 8.45. The van der Waals surface area contributed by atoms with Gasteiger partial charge in [0, 0.05) is 30.8 Å². The third-order valence-electron chi connectivity index (χ3n) is 10.3. The highest BCUT2D eigenvalue weighted by molar-refractivity contribution is 6.05. The number of carbonyl (C=O) groups is 2. The summed E-state index contributed by atoms with van der Waals surface area (Å²) in [6.07, 6.45) is 10.0. The van der Waals surface area contributed by atoms with Crippen LogP contribution in [-0.2, 0) is 33.3 Å². The van der Waals surface area contributed by atoms with Gasteiger partial charge in [0.25, 0.3) is 0 Å². The molecule has 2 saturated carbocycles. The van der Waals surface area contributed by atoms with E-state index in [1.807, 2.05) is 19.1 Å². The zero-order valence-electron chi connectivity index (χ0n) is 24.6. The number of esters is 1. The highest BCUT2D eigenvalue weighted by Crippen LogP contribution is 2.73. The van der Waals surface area contributed by atoms with Gasteiger partial charge in [0.2, 0.25) is 0 Å². The molecule has 0 radical (unpaired) electrons. The van der Waals surface area contributed by atoms with Gasteiger partial charge in [-0.15, -0.1) is 0 Å². The summed E-state index contributed by atoms with van der Waals surface area (Å²) in [7, 11) is 0. The first-order valence-electron chi connectivity index (χ1n) is 14.7. The van der Waals surface area contributed by atoms with E-state index in [4.69, 9.17) is 23.7 Å². The lowest BCUT2D eigenvalue weighted by Gasteiger charge is -2.61. The Morgan fingerprint density at radius 2 is 1.86 bits per heavy atom. The molecule has 0 spiro atoms. The number of Topliss-reactive ketones (excluding diaryl/α,β-unsaturated/α-hetero) is 1. The maximum atomic E-state index is 13.6. The summed E-state index contributed by atoms with van der Waals surface area (Å²) in [5.41, 5.74) is -6.19. The Hall–Kier alpha value is -2.44. The highest BCUT2D eigenvalue weighted by atomic mass is 16.9. The number of fused-ring (bicyclic) bond motifs is 3. The van der Waals surface area contributed by atoms with Gasteiger partial charge in [-0.3, -0.25) is 9.59 Å². The summed E-state index contributed by atoms with van der Waals surface area (Å²) in [4.78, 5) is 26.2. The average molecular weight is 585 g/mol. The van der Waals surface area contributed by atoms with Gasteiger partial charge in [0.05, 0.1) is 12.2 Å². The molecular weight excluding hydrogens is 544 g/mol. The van der Waals surface area contributed by atoms with Crippen LogP contribution in [0.15, 0.2) is 60.3 Å². The van der Waals surface area contributed by atoms with Crippen molar-refractivity contribution in [2.45, 2.75) is 100 Å². The van der Waals surface area contributed by atoms with Gasteiger partial charge in [0.15, 0.2) is 17.0 Å². The van der Waals surface area contributed by atoms with Crippen LogP contribution in [0, 0.1) is 17.8 Å². The Bertz CT molecular complexity index is 1330. The first-order valence-corrected chi connectivity index (χ1v) is 14.7. The van der Waals surface area contributed by atoms with Crippen LogP contribution >= 0.6 is 0 Å². The van der Waals surface area contributed by atoms with Crippen LogP contribution in [0.4, 0.5) is 0 Å². The molecule has 10 nitrogen and oxygen atoms in total. The Morgan fingerprint density at radius 3 is 2.50 bits per heavy atom. The number of aliphatic hydroxyl groups is 3. The van der Waals surface area contributed by atoms with Gasteiger partial charge >= 0.3 is 11.9 Å². The third kappa shape index (κ3) is 3.45. The zero-order chi connectivity index (χ0) is 30.5. The smallest absolute Gasteiger partial charge is 0.307 e. The second-order valence-corrected chi connectivity index (χ2v) is 12.6. The number of carbonyl (C=O) groups excluding carboxylic acids is 2. The first-order chi connectivity index (χ1) is 19.8. The van der Waals surface area contributed by atoms with Crippen LogP contribution in [0.25, 0.3) is 0 Å². The van der Waals surface area contributed by atoms with E-state index in [1.54, 1.807) is 38.2 Å². The number of epoxide rings is 1. The van der Waals surface area contributed by atoms with Crippen molar-refractivity contribution < 1.29 is 48.6 Å². The number of ketones is 1. The topological polar surface area (TPSA) is 144 Å². The van der Waals surface area contributed by atoms with E-state index in [0.717, 1.165) is 12.8 Å². The molecule has 12 atom stereocenters. The fraction of sp³-hybridized carbons (Fsp3) is 0.625. The molecule has 3 aliphatic heterocycles. The summed E-state index contributed by atoms with van der Waals surface area (Å²) in [5, 5.41) is 34.4. The van der Waals surface area contributed by atoms with E-state index in [-0.39, 0.29) is 5.57 Å². The molecule has 3 N–H and O–H groups in total. The van der Waals surface area contributed by atoms with E-state index < -0.39 is 88.9 Å². The van der Waals surface area contributed by atoms with Gasteiger partial charge in [-0.2, -0.15) is 0 Å². The summed E-state index contributed by atoms with van der Waals surface area (Å²) in [6, 6.07) is 0. The lowest BCUT2D eigenvalue weighted by molar-refractivity contribution is -0.407. The lowest BCUT2D eigenvalue weighted by Crippen LogP contribution is -2.76. The Kier molecular flexibility index (Phi) is 6.72. The monoisotopic (exact) mass is 584 g/mol. The zero-order valence-corrected chi connectivity index (χ0v) is 24.6. The summed E-state index contributed by atoms with van der Waals surface area (Å²) in [6.45, 7) is 12.1. The maximum absolute atomic E-state index is 13.6. The van der Waals surface area contributed by atoms with Crippen molar-refractivity contribution in [3.05, 3.63) is 60.3 Å². The minimum absolute atomic E-state index is 0.240. The van der Waals surface area contributed by atoms with E-state index in [2.05, 4.69) is 19.6 Å². The standard InChI is InChI=1S/C32H40O10/c1-7-8-9-10-11-12-13-14-29-40-26-22-25-28(16-33,39-25)27(36)30(37)21(15-18(4)23(30)35)32(22,42-29)19(5)24(38-20(6)34)31(26,41-29)17(2)3/h9-15,19,21-22,24-27,33,36-37H,2,7-8,16H2,1,3-6H3/t19-,21-,22+,24-,25+,26-,27-,28+,29+,30-,31+,32+/m1/s1. The number of aliphatic hydroxyl groups excluding tert-OH is 2. The molecule has 6 aliphatic rings. The minimum atomic E-state index is -2.39. The predicted octanol–water partition coefficient (Wildman–Crippen LogP) is 2.19. The maximum Gasteiger partial charge on any atom is 0.307 e. The Morgan fingerprint density at radius 1 is 1.14 bits per heavy atom. The Balaban J connectivity index is 1.57. The van der Waals surface area contributed by atoms with Gasteiger partial charge in [-0.1, -0.05) is 63.3 Å². The second kappa shape index (κ2) is 9.53. The Labute approximate surface area is 245 Å². The molecule has 3 bridgehead atoms. The number of hydrogen-bond donors (Lipinski definition) is 3. The van der Waals surface area contributed by atoms with Crippen molar-refractivity contribution in [1.82, 2.24) is 0 Å². The molecule has 0 aromatic rings. The van der Waals surface area contributed by atoms with Crippen LogP contribution in [0.1, 0.15) is 47.5 Å². The van der Waals surface area contributed by atoms with Crippen molar-refractivity contribution >= 4 is 11.8 Å². The lowest BCUT2D eigenvalue weighted by atomic mass is 9.53. The number of ether oxygens (including phenoxy) is 5. The number of hydrogen-bond acceptors (Lipinski definition) is 10. The molecule has 3 heterocycles. The van der Waals surface area contributed by atoms with E-state index in [0.29, 0.717) is 5.57 Å². The van der Waals surface area contributed by atoms with Crippen molar-refractivity contribution in [1.29, 1.82) is 0 Å². The largest absolute Gasteiger partial charge is 0.459 e. The summed E-state index contributed by atoms with van der Waals surface area (Å²) < 4.78 is 32.3. The molecule has 0 amide bonds. The van der Waals surface area contributed by atoms with Crippen LogP contribution in [0.5, 0.6) is 0 Å². The van der Waals surface area contributed by atoms with Gasteiger partial charge in [-0.25, -0.2) is 0 Å². The quantitative estimate of drug-likeness (QED) is 0.168. The normalized spacial score (nSPS) is 50.1. The molecule has 42 heavy (non-hydrogen) atoms. The highest BCUT2D eigenvalue weighted by Gasteiger charge is 2.90. The van der Waals surface area contributed by atoms with E-state index in [1.165, 1.54) is 6.92 Å². The average Bonchev–Trinajstić information content (AvgIpc) is 3.57. The molecule has 10 heteroatoms. The third-order valence-corrected chi connectivity index (χ3v) is 10.3. The SMILES string of the molecule is C=C(C)[C@@]12O[C@]3(C=CC=CC=CCCC)O[C@@H]1[C@@H]1[C@@H]4O[C@]4(CO)[C@@H](O)[C@]4(O)C(=O)C(C)=C[C@H]4[C@@]1(O3)[C@H](C)[C@H]2OC(C)=O.